The number of amides is 1. The molecule has 1 aromatic rings. The normalized spacial score (nSPS) is 17.8. The summed E-state index contributed by atoms with van der Waals surface area (Å²) >= 11 is 0. The van der Waals surface area contributed by atoms with Crippen molar-refractivity contribution in [1.82, 2.24) is 4.90 Å². The van der Waals surface area contributed by atoms with Gasteiger partial charge < -0.3 is 14.7 Å². The van der Waals surface area contributed by atoms with Crippen molar-refractivity contribution in [2.24, 2.45) is 5.92 Å². The van der Waals surface area contributed by atoms with Crippen LogP contribution in [0.25, 0.3) is 0 Å². The van der Waals surface area contributed by atoms with Crippen molar-refractivity contribution in [2.75, 3.05) is 13.7 Å². The maximum atomic E-state index is 12.3. The minimum absolute atomic E-state index is 0.0369. The Morgan fingerprint density at radius 3 is 2.72 bits per heavy atom. The molecular weight excluding hydrogens is 402 g/mol. The summed E-state index contributed by atoms with van der Waals surface area (Å²) in [4.78, 5) is 25.3. The van der Waals surface area contributed by atoms with Gasteiger partial charge in [0.25, 0.3) is 0 Å². The quantitative estimate of drug-likeness (QED) is 0.228. The molecule has 0 aliphatic carbocycles. The first-order chi connectivity index (χ1) is 15.5. The zero-order valence-corrected chi connectivity index (χ0v) is 19.5. The summed E-state index contributed by atoms with van der Waals surface area (Å²) in [5.41, 5.74) is 1.20. The van der Waals surface area contributed by atoms with Crippen molar-refractivity contribution in [1.29, 1.82) is 0 Å². The predicted molar refractivity (Wildman–Crippen MR) is 127 cm³/mol. The van der Waals surface area contributed by atoms with E-state index in [-0.39, 0.29) is 23.8 Å². The summed E-state index contributed by atoms with van der Waals surface area (Å²) in [6.45, 7) is 2.72. The van der Waals surface area contributed by atoms with Gasteiger partial charge in [0.2, 0.25) is 5.91 Å². The Labute approximate surface area is 192 Å². The number of methoxy groups -OCH3 is 1. The van der Waals surface area contributed by atoms with E-state index in [2.05, 4.69) is 28.7 Å². The second-order valence-corrected chi connectivity index (χ2v) is 8.51. The van der Waals surface area contributed by atoms with Crippen molar-refractivity contribution in [3.8, 4) is 11.8 Å². The maximum absolute atomic E-state index is 12.3. The summed E-state index contributed by atoms with van der Waals surface area (Å²) in [6, 6.07) is 10.2. The number of hydrogen-bond donors (Lipinski definition) is 1. The second-order valence-electron chi connectivity index (χ2n) is 8.51. The predicted octanol–water partition coefficient (Wildman–Crippen LogP) is 4.29. The molecule has 1 unspecified atom stereocenters. The van der Waals surface area contributed by atoms with Gasteiger partial charge in [-0.25, -0.2) is 0 Å². The molecule has 32 heavy (non-hydrogen) atoms. The standard InChI is InChI=1S/C27H37NO4/c1-22(12-9-10-15-23-13-6-5-7-14-23)25(29)19-17-24-18-20-26(30)28(24)21-11-4-3-8-16-27(31)32-2/h5-7,13-14,17,19,22,24-25,29H,3-4,8,11-12,15-16,18,20-21H2,1-2H3/b19-17+/t22-,24?,25+/m0/s1. The van der Waals surface area contributed by atoms with E-state index >= 15 is 0 Å². The van der Waals surface area contributed by atoms with Crippen LogP contribution in [0, 0.1) is 17.8 Å². The minimum atomic E-state index is -0.572. The molecule has 1 saturated heterocycles. The fourth-order valence-electron chi connectivity index (χ4n) is 3.80. The Balaban J connectivity index is 1.71. The Kier molecular flexibility index (Phi) is 11.6. The summed E-state index contributed by atoms with van der Waals surface area (Å²) in [6.07, 6.45) is 10.1. The average molecular weight is 440 g/mol. The summed E-state index contributed by atoms with van der Waals surface area (Å²) in [5.74, 6) is 6.41. The van der Waals surface area contributed by atoms with E-state index in [1.54, 1.807) is 0 Å². The maximum Gasteiger partial charge on any atom is 0.305 e. The van der Waals surface area contributed by atoms with Gasteiger partial charge in [-0.2, -0.15) is 0 Å². The van der Waals surface area contributed by atoms with Gasteiger partial charge in [0, 0.05) is 32.2 Å². The number of likely N-dealkylation sites (tertiary alicyclic amines) is 1. The number of carbonyl (C=O) groups is 2. The van der Waals surface area contributed by atoms with Crippen molar-refractivity contribution in [3.05, 3.63) is 48.0 Å². The smallest absolute Gasteiger partial charge is 0.305 e. The molecule has 5 heteroatoms. The van der Waals surface area contributed by atoms with Gasteiger partial charge in [-0.1, -0.05) is 68.2 Å². The number of benzene rings is 1. The fraction of sp³-hybridized carbons (Fsp3) is 0.556. The van der Waals surface area contributed by atoms with E-state index in [9.17, 15) is 14.7 Å². The molecule has 0 bridgehead atoms. The van der Waals surface area contributed by atoms with Crippen molar-refractivity contribution < 1.29 is 19.4 Å². The molecule has 174 valence electrons. The van der Waals surface area contributed by atoms with E-state index in [0.717, 1.165) is 45.1 Å². The number of aliphatic hydroxyl groups is 1. The third-order valence-corrected chi connectivity index (χ3v) is 5.93. The Morgan fingerprint density at radius 1 is 1.22 bits per heavy atom. The summed E-state index contributed by atoms with van der Waals surface area (Å²) in [5, 5.41) is 10.5. The zero-order valence-electron chi connectivity index (χ0n) is 19.5. The second kappa shape index (κ2) is 14.5. The van der Waals surface area contributed by atoms with Crippen molar-refractivity contribution in [3.63, 3.8) is 0 Å². The largest absolute Gasteiger partial charge is 0.469 e. The summed E-state index contributed by atoms with van der Waals surface area (Å²) < 4.78 is 4.65. The third kappa shape index (κ3) is 9.28. The van der Waals surface area contributed by atoms with E-state index in [0.29, 0.717) is 19.3 Å². The van der Waals surface area contributed by atoms with Crippen LogP contribution < -0.4 is 0 Å². The highest BCUT2D eigenvalue weighted by molar-refractivity contribution is 5.79. The Bertz CT molecular complexity index is 793. The molecule has 0 saturated carbocycles. The highest BCUT2D eigenvalue weighted by Crippen LogP contribution is 2.22. The van der Waals surface area contributed by atoms with Gasteiger partial charge >= 0.3 is 5.97 Å². The van der Waals surface area contributed by atoms with Crippen LogP contribution in [0.5, 0.6) is 0 Å². The lowest BCUT2D eigenvalue weighted by Gasteiger charge is -2.23. The van der Waals surface area contributed by atoms with E-state index in [4.69, 9.17) is 0 Å². The number of nitrogens with zero attached hydrogens (tertiary/aromatic N) is 1. The molecule has 0 spiro atoms. The average Bonchev–Trinajstić information content (AvgIpc) is 3.16. The number of ether oxygens (including phenoxy) is 1. The topological polar surface area (TPSA) is 66.8 Å². The monoisotopic (exact) mass is 439 g/mol. The van der Waals surface area contributed by atoms with Crippen LogP contribution in [-0.4, -0.2) is 47.7 Å². The molecule has 2 rings (SSSR count). The van der Waals surface area contributed by atoms with Crippen LogP contribution >= 0.6 is 0 Å². The molecule has 1 heterocycles. The molecule has 1 N–H and O–H groups in total. The number of esters is 1. The molecule has 1 aromatic carbocycles. The Hall–Kier alpha value is -2.58. The number of hydrogen-bond acceptors (Lipinski definition) is 4. The molecule has 1 amide bonds. The van der Waals surface area contributed by atoms with Crippen molar-refractivity contribution >= 4 is 11.9 Å². The summed E-state index contributed by atoms with van der Waals surface area (Å²) in [7, 11) is 1.41. The van der Waals surface area contributed by atoms with Crippen LogP contribution in [-0.2, 0) is 20.7 Å². The first-order valence-electron chi connectivity index (χ1n) is 11.7. The van der Waals surface area contributed by atoms with Crippen LogP contribution in [0.2, 0.25) is 0 Å². The molecular formula is C27H37NO4. The molecule has 1 aliphatic heterocycles. The molecule has 0 aromatic heterocycles. The highest BCUT2D eigenvalue weighted by Gasteiger charge is 2.28. The van der Waals surface area contributed by atoms with Gasteiger partial charge in [-0.15, -0.1) is 5.92 Å². The SMILES string of the molecule is COC(=O)CCCCCCN1C(=O)CCC1/C=C/[C@@H](O)[C@@H](C)CC#CCc1ccccc1. The van der Waals surface area contributed by atoms with Crippen LogP contribution in [0.15, 0.2) is 42.5 Å². The molecule has 1 fully saturated rings. The van der Waals surface area contributed by atoms with Gasteiger partial charge in [0.05, 0.1) is 19.3 Å². The van der Waals surface area contributed by atoms with Gasteiger partial charge in [-0.3, -0.25) is 9.59 Å². The molecule has 1 aliphatic rings. The lowest BCUT2D eigenvalue weighted by Crippen LogP contribution is -2.33. The van der Waals surface area contributed by atoms with Gasteiger partial charge in [0.15, 0.2) is 0 Å². The molecule has 0 radical (unpaired) electrons. The first kappa shape index (κ1) is 25.7. The molecule has 5 nitrogen and oxygen atoms in total. The van der Waals surface area contributed by atoms with Gasteiger partial charge in [-0.05, 0) is 30.7 Å². The molecule has 3 atom stereocenters. The van der Waals surface area contributed by atoms with Crippen molar-refractivity contribution in [2.45, 2.75) is 76.9 Å². The lowest BCUT2D eigenvalue weighted by molar-refractivity contribution is -0.140. The van der Waals surface area contributed by atoms with E-state index < -0.39 is 6.10 Å². The van der Waals surface area contributed by atoms with Crippen LogP contribution in [0.4, 0.5) is 0 Å². The first-order valence-corrected chi connectivity index (χ1v) is 11.7. The Morgan fingerprint density at radius 2 is 1.97 bits per heavy atom. The fourth-order valence-corrected chi connectivity index (χ4v) is 3.80. The number of rotatable bonds is 12. The third-order valence-electron chi connectivity index (χ3n) is 5.93. The minimum Gasteiger partial charge on any atom is -0.469 e. The van der Waals surface area contributed by atoms with Crippen LogP contribution in [0.3, 0.4) is 0 Å². The number of unbranched alkanes of at least 4 members (excludes halogenated alkanes) is 3. The highest BCUT2D eigenvalue weighted by atomic mass is 16.5. The number of carbonyl (C=O) groups excluding carboxylic acids is 2. The van der Waals surface area contributed by atoms with Crippen LogP contribution in [0.1, 0.15) is 63.9 Å². The zero-order chi connectivity index (χ0) is 23.2. The lowest BCUT2D eigenvalue weighted by atomic mass is 9.99. The number of aliphatic hydroxyl groups excluding tert-OH is 1. The van der Waals surface area contributed by atoms with Gasteiger partial charge in [0.1, 0.15) is 0 Å². The van der Waals surface area contributed by atoms with E-state index in [1.807, 2.05) is 42.2 Å². The van der Waals surface area contributed by atoms with E-state index in [1.165, 1.54) is 12.7 Å².